The van der Waals surface area contributed by atoms with Crippen molar-refractivity contribution >= 4 is 22.9 Å². The first kappa shape index (κ1) is 15.5. The van der Waals surface area contributed by atoms with Gasteiger partial charge in [-0.1, -0.05) is 11.6 Å². The summed E-state index contributed by atoms with van der Waals surface area (Å²) in [5.74, 6) is 0. The van der Waals surface area contributed by atoms with Crippen molar-refractivity contribution in [1.82, 2.24) is 15.1 Å². The zero-order valence-electron chi connectivity index (χ0n) is 12.0. The summed E-state index contributed by atoms with van der Waals surface area (Å²) in [7, 11) is 0. The quantitative estimate of drug-likeness (QED) is 0.861. The van der Waals surface area contributed by atoms with Crippen molar-refractivity contribution < 1.29 is 5.11 Å². The van der Waals surface area contributed by atoms with E-state index in [1.54, 1.807) is 0 Å². The average Bonchev–Trinajstić information content (AvgIpc) is 2.96. The maximum absolute atomic E-state index is 10.1. The van der Waals surface area contributed by atoms with Gasteiger partial charge in [0.1, 0.15) is 6.10 Å². The Hall–Kier alpha value is -0.880. The second-order valence-electron chi connectivity index (χ2n) is 4.75. The van der Waals surface area contributed by atoms with E-state index in [0.717, 1.165) is 17.1 Å². The van der Waals surface area contributed by atoms with Crippen molar-refractivity contribution in [3.8, 4) is 0 Å². The molecule has 20 heavy (non-hydrogen) atoms. The Morgan fingerprint density at radius 3 is 2.75 bits per heavy atom. The normalized spacial score (nSPS) is 12.8. The maximum atomic E-state index is 10.1. The molecule has 0 aliphatic heterocycles. The Labute approximate surface area is 128 Å². The molecule has 0 spiro atoms. The molecule has 2 N–H and O–H groups in total. The Kier molecular flexibility index (Phi) is 5.21. The standard InChI is InChI=1S/C14H20ClN3OS/c1-4-18-10(3)11(9(2)17-18)7-16-8-12(19)13-5-6-14(15)20-13/h5-6,12,16,19H,4,7-8H2,1-3H3. The molecule has 0 saturated carbocycles. The zero-order chi connectivity index (χ0) is 14.7. The van der Waals surface area contributed by atoms with E-state index in [1.807, 2.05) is 23.7 Å². The van der Waals surface area contributed by atoms with Gasteiger partial charge in [-0.15, -0.1) is 11.3 Å². The van der Waals surface area contributed by atoms with Crippen LogP contribution in [0.25, 0.3) is 0 Å². The van der Waals surface area contributed by atoms with Gasteiger partial charge in [-0.25, -0.2) is 0 Å². The van der Waals surface area contributed by atoms with Crippen LogP contribution in [-0.4, -0.2) is 21.4 Å². The topological polar surface area (TPSA) is 50.1 Å². The summed E-state index contributed by atoms with van der Waals surface area (Å²) in [4.78, 5) is 0.889. The molecule has 0 aromatic carbocycles. The third-order valence-electron chi connectivity index (χ3n) is 3.39. The largest absolute Gasteiger partial charge is 0.386 e. The number of aromatic nitrogens is 2. The van der Waals surface area contributed by atoms with Crippen LogP contribution in [0.1, 0.15) is 34.9 Å². The number of halogens is 1. The smallest absolute Gasteiger partial charge is 0.101 e. The third-order valence-corrected chi connectivity index (χ3v) is 4.73. The van der Waals surface area contributed by atoms with Crippen LogP contribution in [0.15, 0.2) is 12.1 Å². The number of nitrogens with one attached hydrogen (secondary N) is 1. The Morgan fingerprint density at radius 2 is 2.20 bits per heavy atom. The molecule has 0 aliphatic carbocycles. The molecule has 110 valence electrons. The van der Waals surface area contributed by atoms with Crippen LogP contribution in [-0.2, 0) is 13.1 Å². The van der Waals surface area contributed by atoms with Crippen molar-refractivity contribution in [2.24, 2.45) is 0 Å². The van der Waals surface area contributed by atoms with Crippen molar-refractivity contribution in [2.75, 3.05) is 6.54 Å². The molecule has 0 radical (unpaired) electrons. The van der Waals surface area contributed by atoms with E-state index < -0.39 is 6.10 Å². The molecule has 2 aromatic rings. The van der Waals surface area contributed by atoms with Crippen LogP contribution < -0.4 is 5.32 Å². The number of nitrogens with zero attached hydrogens (tertiary/aromatic N) is 2. The second kappa shape index (κ2) is 6.72. The number of aliphatic hydroxyl groups is 1. The Balaban J connectivity index is 1.91. The van der Waals surface area contributed by atoms with Crippen molar-refractivity contribution in [3.05, 3.63) is 38.3 Å². The zero-order valence-corrected chi connectivity index (χ0v) is 13.6. The molecule has 4 nitrogen and oxygen atoms in total. The van der Waals surface area contributed by atoms with Crippen molar-refractivity contribution in [1.29, 1.82) is 0 Å². The Bertz CT molecular complexity index is 579. The number of hydrogen-bond acceptors (Lipinski definition) is 4. The first-order chi connectivity index (χ1) is 9.52. The monoisotopic (exact) mass is 313 g/mol. The molecule has 0 aliphatic rings. The van der Waals surface area contributed by atoms with Crippen LogP contribution in [0.3, 0.4) is 0 Å². The molecular formula is C14H20ClN3OS. The van der Waals surface area contributed by atoms with Gasteiger partial charge in [0.2, 0.25) is 0 Å². The van der Waals surface area contributed by atoms with Crippen LogP contribution in [0.2, 0.25) is 4.34 Å². The molecule has 0 saturated heterocycles. The SMILES string of the molecule is CCn1nc(C)c(CNCC(O)c2ccc(Cl)s2)c1C. The average molecular weight is 314 g/mol. The van der Waals surface area contributed by atoms with Gasteiger partial charge in [0, 0.05) is 35.8 Å². The minimum atomic E-state index is -0.519. The van der Waals surface area contributed by atoms with E-state index in [0.29, 0.717) is 17.4 Å². The van der Waals surface area contributed by atoms with Gasteiger partial charge in [-0.2, -0.15) is 5.10 Å². The number of aryl methyl sites for hydroxylation is 2. The number of hydrogen-bond donors (Lipinski definition) is 2. The summed E-state index contributed by atoms with van der Waals surface area (Å²) in [6.07, 6.45) is -0.519. The summed E-state index contributed by atoms with van der Waals surface area (Å²) in [5.41, 5.74) is 3.44. The predicted octanol–water partition coefficient (Wildman–Crippen LogP) is 3.06. The molecule has 0 fully saturated rings. The molecule has 2 rings (SSSR count). The van der Waals surface area contributed by atoms with Crippen LogP contribution in [0.4, 0.5) is 0 Å². The molecule has 1 unspecified atom stereocenters. The fraction of sp³-hybridized carbons (Fsp3) is 0.500. The molecule has 1 atom stereocenters. The van der Waals surface area contributed by atoms with Gasteiger partial charge in [-0.3, -0.25) is 4.68 Å². The summed E-state index contributed by atoms with van der Waals surface area (Å²) in [6.45, 7) is 8.28. The van der Waals surface area contributed by atoms with E-state index in [9.17, 15) is 5.11 Å². The lowest BCUT2D eigenvalue weighted by molar-refractivity contribution is 0.178. The molecule has 2 heterocycles. The lowest BCUT2D eigenvalue weighted by atomic mass is 10.2. The van der Waals surface area contributed by atoms with Gasteiger partial charge in [-0.05, 0) is 32.9 Å². The summed E-state index contributed by atoms with van der Waals surface area (Å²) >= 11 is 7.29. The van der Waals surface area contributed by atoms with Gasteiger partial charge in [0.05, 0.1) is 10.0 Å². The number of thiophene rings is 1. The minimum absolute atomic E-state index is 0.507. The van der Waals surface area contributed by atoms with Crippen molar-refractivity contribution in [2.45, 2.75) is 40.0 Å². The molecular weight excluding hydrogens is 294 g/mol. The summed E-state index contributed by atoms with van der Waals surface area (Å²) in [6, 6.07) is 3.68. The molecule has 2 aromatic heterocycles. The first-order valence-corrected chi connectivity index (χ1v) is 7.89. The first-order valence-electron chi connectivity index (χ1n) is 6.69. The van der Waals surface area contributed by atoms with Gasteiger partial charge in [0.15, 0.2) is 0 Å². The lowest BCUT2D eigenvalue weighted by Crippen LogP contribution is -2.21. The number of rotatable bonds is 6. The molecule has 6 heteroatoms. The van der Waals surface area contributed by atoms with E-state index in [4.69, 9.17) is 11.6 Å². The van der Waals surface area contributed by atoms with Gasteiger partial charge >= 0.3 is 0 Å². The highest BCUT2D eigenvalue weighted by Gasteiger charge is 2.13. The predicted molar refractivity (Wildman–Crippen MR) is 83.4 cm³/mol. The summed E-state index contributed by atoms with van der Waals surface area (Å²) < 4.78 is 2.71. The molecule has 0 amide bonds. The van der Waals surface area contributed by atoms with Gasteiger partial charge < -0.3 is 10.4 Å². The molecule has 0 bridgehead atoms. The highest BCUT2D eigenvalue weighted by Crippen LogP contribution is 2.26. The highest BCUT2D eigenvalue weighted by atomic mass is 35.5. The third kappa shape index (κ3) is 3.41. The van der Waals surface area contributed by atoms with E-state index in [2.05, 4.69) is 24.3 Å². The fourth-order valence-corrected chi connectivity index (χ4v) is 3.29. The lowest BCUT2D eigenvalue weighted by Gasteiger charge is -2.10. The highest BCUT2D eigenvalue weighted by molar-refractivity contribution is 7.16. The van der Waals surface area contributed by atoms with Crippen LogP contribution >= 0.6 is 22.9 Å². The van der Waals surface area contributed by atoms with E-state index in [1.165, 1.54) is 22.6 Å². The van der Waals surface area contributed by atoms with Crippen molar-refractivity contribution in [3.63, 3.8) is 0 Å². The second-order valence-corrected chi connectivity index (χ2v) is 6.50. The Morgan fingerprint density at radius 1 is 1.45 bits per heavy atom. The fourth-order valence-electron chi connectivity index (χ4n) is 2.24. The number of aliphatic hydroxyl groups excluding tert-OH is 1. The minimum Gasteiger partial charge on any atom is -0.386 e. The van der Waals surface area contributed by atoms with E-state index >= 15 is 0 Å². The summed E-state index contributed by atoms with van der Waals surface area (Å²) in [5, 5.41) is 17.8. The van der Waals surface area contributed by atoms with Crippen LogP contribution in [0, 0.1) is 13.8 Å². The van der Waals surface area contributed by atoms with Crippen LogP contribution in [0.5, 0.6) is 0 Å². The van der Waals surface area contributed by atoms with Gasteiger partial charge in [0.25, 0.3) is 0 Å². The van der Waals surface area contributed by atoms with E-state index in [-0.39, 0.29) is 0 Å². The maximum Gasteiger partial charge on any atom is 0.101 e.